The Morgan fingerprint density at radius 1 is 0.935 bits per heavy atom. The van der Waals surface area contributed by atoms with E-state index in [1.165, 1.54) is 19.2 Å². The van der Waals surface area contributed by atoms with Crippen LogP contribution in [0.1, 0.15) is 5.69 Å². The molecule has 0 unspecified atom stereocenters. The van der Waals surface area contributed by atoms with E-state index in [9.17, 15) is 13.6 Å². The Balaban J connectivity index is 1.71. The second-order valence-corrected chi connectivity index (χ2v) is 7.37. The quantitative estimate of drug-likeness (QED) is 0.388. The van der Waals surface area contributed by atoms with Gasteiger partial charge in [0.2, 0.25) is 0 Å². The molecular formula is C24H18ClF2NO3. The van der Waals surface area contributed by atoms with E-state index in [1.807, 2.05) is 31.2 Å². The minimum Gasteiger partial charge on any atom is -0.495 e. The molecule has 0 spiro atoms. The molecule has 0 atom stereocenters. The average Bonchev–Trinajstić information content (AvgIpc) is 2.75. The topological polar surface area (TPSA) is 51.3 Å². The monoisotopic (exact) mass is 441 g/mol. The molecule has 0 radical (unpaired) electrons. The number of nitrogens with one attached hydrogen (secondary N) is 1. The van der Waals surface area contributed by atoms with Gasteiger partial charge in [0.05, 0.1) is 17.6 Å². The van der Waals surface area contributed by atoms with Gasteiger partial charge in [-0.25, -0.2) is 0 Å². The van der Waals surface area contributed by atoms with Crippen molar-refractivity contribution in [1.82, 2.24) is 4.98 Å². The number of rotatable bonds is 5. The number of ether oxygens (including phenoxy) is 2. The number of H-pyrrole nitrogens is 1. The first-order valence-electron chi connectivity index (χ1n) is 9.43. The maximum atomic E-state index is 13.2. The van der Waals surface area contributed by atoms with Crippen LogP contribution in [0.2, 0.25) is 5.02 Å². The minimum atomic E-state index is -2.86. The Morgan fingerprint density at radius 2 is 1.52 bits per heavy atom. The van der Waals surface area contributed by atoms with Crippen LogP contribution in [-0.2, 0) is 0 Å². The molecule has 7 heteroatoms. The zero-order chi connectivity index (χ0) is 22.1. The summed E-state index contributed by atoms with van der Waals surface area (Å²) in [5.74, 6) is 0.593. The van der Waals surface area contributed by atoms with Crippen LogP contribution in [0, 0.1) is 6.92 Å². The molecular weight excluding hydrogens is 424 g/mol. The molecule has 31 heavy (non-hydrogen) atoms. The van der Waals surface area contributed by atoms with Gasteiger partial charge in [0.1, 0.15) is 11.5 Å². The summed E-state index contributed by atoms with van der Waals surface area (Å²) in [6.07, 6.45) is 0. The van der Waals surface area contributed by atoms with Gasteiger partial charge in [-0.05, 0) is 41.8 Å². The summed E-state index contributed by atoms with van der Waals surface area (Å²) in [4.78, 5) is 16.4. The molecule has 4 nitrogen and oxygen atoms in total. The van der Waals surface area contributed by atoms with E-state index < -0.39 is 6.61 Å². The fourth-order valence-corrected chi connectivity index (χ4v) is 3.82. The van der Waals surface area contributed by atoms with Crippen molar-refractivity contribution in [3.63, 3.8) is 0 Å². The number of aromatic amines is 1. The van der Waals surface area contributed by atoms with Crippen molar-refractivity contribution in [3.05, 3.63) is 81.6 Å². The number of aromatic nitrogens is 1. The molecule has 4 rings (SSSR count). The van der Waals surface area contributed by atoms with Crippen molar-refractivity contribution < 1.29 is 18.3 Å². The number of benzene rings is 3. The lowest BCUT2D eigenvalue weighted by Crippen LogP contribution is -2.10. The summed E-state index contributed by atoms with van der Waals surface area (Å²) < 4.78 is 34.2. The van der Waals surface area contributed by atoms with Crippen LogP contribution in [0.4, 0.5) is 8.78 Å². The van der Waals surface area contributed by atoms with Gasteiger partial charge in [-0.2, -0.15) is 8.78 Å². The van der Waals surface area contributed by atoms with E-state index in [0.29, 0.717) is 27.2 Å². The summed E-state index contributed by atoms with van der Waals surface area (Å²) in [6.45, 7) is -1.02. The molecule has 0 amide bonds. The molecule has 0 aliphatic heterocycles. The number of aryl methyl sites for hydroxylation is 1. The molecule has 0 saturated carbocycles. The molecule has 1 heterocycles. The van der Waals surface area contributed by atoms with Crippen LogP contribution in [0.3, 0.4) is 0 Å². The van der Waals surface area contributed by atoms with Gasteiger partial charge >= 0.3 is 6.61 Å². The van der Waals surface area contributed by atoms with Crippen molar-refractivity contribution in [2.24, 2.45) is 0 Å². The molecule has 0 saturated heterocycles. The molecule has 158 valence electrons. The Labute approximate surface area is 182 Å². The highest BCUT2D eigenvalue weighted by atomic mass is 35.5. The predicted octanol–water partition coefficient (Wildman–Crippen LogP) is 6.43. The van der Waals surface area contributed by atoms with E-state index in [1.54, 1.807) is 24.3 Å². The summed E-state index contributed by atoms with van der Waals surface area (Å²) in [7, 11) is 1.52. The number of pyridine rings is 1. The van der Waals surface area contributed by atoms with E-state index in [2.05, 4.69) is 9.72 Å². The highest BCUT2D eigenvalue weighted by Crippen LogP contribution is 2.31. The number of fused-ring (bicyclic) bond motifs is 1. The highest BCUT2D eigenvalue weighted by Gasteiger charge is 2.14. The van der Waals surface area contributed by atoms with Crippen molar-refractivity contribution in [1.29, 1.82) is 0 Å². The fraction of sp³-hybridized carbons (Fsp3) is 0.125. The summed E-state index contributed by atoms with van der Waals surface area (Å²) in [5.41, 5.74) is 4.29. The lowest BCUT2D eigenvalue weighted by molar-refractivity contribution is -0.0498. The molecule has 4 aromatic rings. The first-order chi connectivity index (χ1) is 14.9. The molecule has 0 aliphatic rings. The summed E-state index contributed by atoms with van der Waals surface area (Å²) in [6, 6.07) is 17.2. The third kappa shape index (κ3) is 4.11. The number of hydrogen-bond donors (Lipinski definition) is 1. The van der Waals surface area contributed by atoms with Crippen LogP contribution in [-0.4, -0.2) is 18.7 Å². The summed E-state index contributed by atoms with van der Waals surface area (Å²) >= 11 is 6.21. The first kappa shape index (κ1) is 20.9. The number of hydrogen-bond acceptors (Lipinski definition) is 3. The van der Waals surface area contributed by atoms with Crippen molar-refractivity contribution in [2.45, 2.75) is 13.5 Å². The second kappa shape index (κ2) is 8.40. The maximum absolute atomic E-state index is 13.2. The maximum Gasteiger partial charge on any atom is 0.387 e. The van der Waals surface area contributed by atoms with Crippen molar-refractivity contribution in [3.8, 4) is 33.8 Å². The predicted molar refractivity (Wildman–Crippen MR) is 118 cm³/mol. The number of alkyl halides is 2. The zero-order valence-electron chi connectivity index (χ0n) is 16.7. The molecule has 0 bridgehead atoms. The molecule has 1 N–H and O–H groups in total. The number of halogens is 3. The van der Waals surface area contributed by atoms with Gasteiger partial charge in [-0.1, -0.05) is 48.0 Å². The van der Waals surface area contributed by atoms with Crippen LogP contribution in [0.15, 0.2) is 65.5 Å². The Bertz CT molecular complexity index is 1300. The van der Waals surface area contributed by atoms with E-state index in [-0.39, 0.29) is 11.2 Å². The van der Waals surface area contributed by atoms with Crippen LogP contribution in [0.25, 0.3) is 33.2 Å². The van der Waals surface area contributed by atoms with E-state index >= 15 is 0 Å². The third-order valence-electron chi connectivity index (χ3n) is 5.05. The minimum absolute atomic E-state index is 0.101. The van der Waals surface area contributed by atoms with E-state index in [0.717, 1.165) is 22.4 Å². The SMILES string of the molecule is COc1cc2[nH]c(C)c(-c3ccc(-c4ccc(OC(F)F)cc4)cc3)c(=O)c2cc1Cl. The Morgan fingerprint density at radius 3 is 2.10 bits per heavy atom. The average molecular weight is 442 g/mol. The first-order valence-corrected chi connectivity index (χ1v) is 9.81. The van der Waals surface area contributed by atoms with E-state index in [4.69, 9.17) is 16.3 Å². The second-order valence-electron chi connectivity index (χ2n) is 6.97. The van der Waals surface area contributed by atoms with Crippen LogP contribution >= 0.6 is 11.6 Å². The lowest BCUT2D eigenvalue weighted by atomic mass is 9.98. The van der Waals surface area contributed by atoms with Crippen molar-refractivity contribution in [2.75, 3.05) is 7.11 Å². The van der Waals surface area contributed by atoms with Gasteiger partial charge in [0.25, 0.3) is 0 Å². The van der Waals surface area contributed by atoms with Gasteiger partial charge < -0.3 is 14.5 Å². The van der Waals surface area contributed by atoms with Crippen LogP contribution < -0.4 is 14.9 Å². The zero-order valence-corrected chi connectivity index (χ0v) is 17.5. The van der Waals surface area contributed by atoms with Gasteiger partial charge in [0.15, 0.2) is 5.43 Å². The third-order valence-corrected chi connectivity index (χ3v) is 5.34. The molecule has 0 fully saturated rings. The summed E-state index contributed by atoms with van der Waals surface area (Å²) in [5, 5.41) is 0.843. The Kier molecular flexibility index (Phi) is 5.65. The van der Waals surface area contributed by atoms with Gasteiger partial charge in [0, 0.05) is 22.7 Å². The smallest absolute Gasteiger partial charge is 0.387 e. The van der Waals surface area contributed by atoms with Crippen LogP contribution in [0.5, 0.6) is 11.5 Å². The molecule has 1 aromatic heterocycles. The van der Waals surface area contributed by atoms with Crippen molar-refractivity contribution >= 4 is 22.5 Å². The van der Waals surface area contributed by atoms with Gasteiger partial charge in [-0.15, -0.1) is 0 Å². The highest BCUT2D eigenvalue weighted by molar-refractivity contribution is 6.32. The number of methoxy groups -OCH3 is 1. The lowest BCUT2D eigenvalue weighted by Gasteiger charge is -2.11. The Hall–Kier alpha value is -3.38. The largest absolute Gasteiger partial charge is 0.495 e. The molecule has 3 aromatic carbocycles. The fourth-order valence-electron chi connectivity index (χ4n) is 3.58. The molecule has 0 aliphatic carbocycles. The standard InChI is InChI=1S/C24H18ClF2NO3/c1-13-22(23(29)18-11-19(25)21(30-2)12-20(18)28-13)16-5-3-14(4-6-16)15-7-9-17(10-8-15)31-24(26)27/h3-12,24H,1-2H3,(H,28,29). The normalized spacial score (nSPS) is 11.2. The van der Waals surface area contributed by atoms with Gasteiger partial charge in [-0.3, -0.25) is 4.79 Å².